The van der Waals surface area contributed by atoms with Crippen molar-refractivity contribution in [1.82, 2.24) is 19.7 Å². The number of amides is 1. The lowest BCUT2D eigenvalue weighted by Gasteiger charge is -2.33. The highest BCUT2D eigenvalue weighted by atomic mass is 16.2. The van der Waals surface area contributed by atoms with Crippen molar-refractivity contribution in [1.29, 1.82) is 0 Å². The number of likely N-dealkylation sites (tertiary alicyclic amines) is 1. The lowest BCUT2D eigenvalue weighted by atomic mass is 10.0. The van der Waals surface area contributed by atoms with Crippen LogP contribution in [-0.4, -0.2) is 38.7 Å². The third-order valence-electron chi connectivity index (χ3n) is 4.83. The summed E-state index contributed by atoms with van der Waals surface area (Å²) in [6, 6.07) is 6.29. The van der Waals surface area contributed by atoms with E-state index in [0.717, 1.165) is 32.4 Å². The molecule has 22 heavy (non-hydrogen) atoms. The molecular weight excluding hydrogens is 276 g/mol. The van der Waals surface area contributed by atoms with E-state index in [9.17, 15) is 4.79 Å². The molecule has 1 saturated carbocycles. The van der Waals surface area contributed by atoms with E-state index in [1.54, 1.807) is 12.4 Å². The van der Waals surface area contributed by atoms with Crippen molar-refractivity contribution in [3.8, 4) is 0 Å². The van der Waals surface area contributed by atoms with Crippen molar-refractivity contribution in [2.45, 2.75) is 31.2 Å². The van der Waals surface area contributed by atoms with Crippen molar-refractivity contribution < 1.29 is 4.79 Å². The molecule has 3 atom stereocenters. The summed E-state index contributed by atoms with van der Waals surface area (Å²) in [5.41, 5.74) is 1.20. The molecule has 1 saturated heterocycles. The van der Waals surface area contributed by atoms with Crippen LogP contribution in [0.25, 0.3) is 0 Å². The zero-order chi connectivity index (χ0) is 14.9. The number of carbonyl (C=O) groups excluding carboxylic acids is 1. The topological polar surface area (TPSA) is 51.0 Å². The van der Waals surface area contributed by atoms with Crippen LogP contribution in [0.2, 0.25) is 0 Å². The summed E-state index contributed by atoms with van der Waals surface area (Å²) >= 11 is 0. The number of rotatable bonds is 3. The van der Waals surface area contributed by atoms with Gasteiger partial charge in [0.05, 0.1) is 6.04 Å². The molecule has 0 bridgehead atoms. The molecule has 5 nitrogen and oxygen atoms in total. The van der Waals surface area contributed by atoms with Crippen molar-refractivity contribution >= 4 is 5.91 Å². The Kier molecular flexibility index (Phi) is 3.41. The van der Waals surface area contributed by atoms with Gasteiger partial charge in [0, 0.05) is 43.8 Å². The third kappa shape index (κ3) is 2.51. The average molecular weight is 296 g/mol. The van der Waals surface area contributed by atoms with Gasteiger partial charge in [-0.25, -0.2) is 0 Å². The highest BCUT2D eigenvalue weighted by molar-refractivity contribution is 5.83. The van der Waals surface area contributed by atoms with Crippen molar-refractivity contribution in [2.75, 3.05) is 13.1 Å². The van der Waals surface area contributed by atoms with Gasteiger partial charge in [-0.15, -0.1) is 0 Å². The number of pyridine rings is 1. The molecule has 0 unspecified atom stereocenters. The molecule has 5 heteroatoms. The van der Waals surface area contributed by atoms with Crippen LogP contribution in [-0.2, 0) is 4.79 Å². The Morgan fingerprint density at radius 1 is 1.27 bits per heavy atom. The van der Waals surface area contributed by atoms with Crippen LogP contribution in [0, 0.1) is 5.92 Å². The molecule has 114 valence electrons. The summed E-state index contributed by atoms with van der Waals surface area (Å²) in [4.78, 5) is 18.9. The fourth-order valence-electron chi connectivity index (χ4n) is 3.53. The zero-order valence-corrected chi connectivity index (χ0v) is 12.5. The third-order valence-corrected chi connectivity index (χ3v) is 4.83. The largest absolute Gasteiger partial charge is 0.340 e. The molecule has 4 rings (SSSR count). The maximum atomic E-state index is 12.7. The quantitative estimate of drug-likeness (QED) is 0.873. The molecule has 2 aliphatic rings. The van der Waals surface area contributed by atoms with E-state index in [-0.39, 0.29) is 5.92 Å². The Hall–Kier alpha value is -2.17. The van der Waals surface area contributed by atoms with Gasteiger partial charge in [-0.05, 0) is 42.9 Å². The van der Waals surface area contributed by atoms with E-state index in [2.05, 4.69) is 16.1 Å². The second-order valence-electron chi connectivity index (χ2n) is 6.30. The summed E-state index contributed by atoms with van der Waals surface area (Å²) in [5, 5.41) is 4.33. The van der Waals surface area contributed by atoms with Crippen molar-refractivity contribution in [2.24, 2.45) is 5.92 Å². The van der Waals surface area contributed by atoms with E-state index >= 15 is 0 Å². The Morgan fingerprint density at radius 2 is 2.23 bits per heavy atom. The van der Waals surface area contributed by atoms with Crippen LogP contribution in [0.15, 0.2) is 43.0 Å². The molecule has 1 aliphatic heterocycles. The lowest BCUT2D eigenvalue weighted by molar-refractivity contribution is -0.134. The maximum Gasteiger partial charge on any atom is 0.226 e. The molecular formula is C17H20N4O. The van der Waals surface area contributed by atoms with Crippen LogP contribution in [0.5, 0.6) is 0 Å². The van der Waals surface area contributed by atoms with Gasteiger partial charge < -0.3 is 4.90 Å². The number of hydrogen-bond donors (Lipinski definition) is 0. The number of piperidine rings is 1. The molecule has 1 amide bonds. The predicted octanol–water partition coefficient (Wildman–Crippen LogP) is 2.25. The Balaban J connectivity index is 1.41. The minimum absolute atomic E-state index is 0.153. The van der Waals surface area contributed by atoms with Gasteiger partial charge in [-0.1, -0.05) is 6.07 Å². The van der Waals surface area contributed by atoms with Gasteiger partial charge >= 0.3 is 0 Å². The summed E-state index contributed by atoms with van der Waals surface area (Å²) in [6.07, 6.45) is 10.6. The summed E-state index contributed by atoms with van der Waals surface area (Å²) in [6.45, 7) is 1.67. The Bertz CT molecular complexity index is 640. The average Bonchev–Trinajstić information content (AvgIpc) is 3.19. The van der Waals surface area contributed by atoms with Gasteiger partial charge in [-0.2, -0.15) is 5.10 Å². The van der Waals surface area contributed by atoms with E-state index < -0.39 is 0 Å². The number of aromatic nitrogens is 3. The molecule has 0 N–H and O–H groups in total. The monoisotopic (exact) mass is 296 g/mol. The molecule has 0 radical (unpaired) electrons. The molecule has 0 aromatic carbocycles. The number of hydrogen-bond acceptors (Lipinski definition) is 3. The van der Waals surface area contributed by atoms with Crippen LogP contribution in [0.3, 0.4) is 0 Å². The minimum atomic E-state index is 0.153. The van der Waals surface area contributed by atoms with E-state index in [4.69, 9.17) is 0 Å². The predicted molar refractivity (Wildman–Crippen MR) is 82.2 cm³/mol. The fraction of sp³-hybridized carbons (Fsp3) is 0.471. The first kappa shape index (κ1) is 13.5. The first-order valence-corrected chi connectivity index (χ1v) is 8.01. The van der Waals surface area contributed by atoms with Crippen LogP contribution in [0.4, 0.5) is 0 Å². The van der Waals surface area contributed by atoms with Crippen molar-refractivity contribution in [3.05, 3.63) is 48.5 Å². The van der Waals surface area contributed by atoms with Gasteiger partial charge in [0.1, 0.15) is 0 Å². The lowest BCUT2D eigenvalue weighted by Crippen LogP contribution is -2.41. The second kappa shape index (κ2) is 5.55. The number of carbonyl (C=O) groups is 1. The SMILES string of the molecule is O=C([C@@H]1C[C@H]1c1cccnc1)N1CCC[C@@H](n2cccn2)C1. The summed E-state index contributed by atoms with van der Waals surface area (Å²) in [7, 11) is 0. The van der Waals surface area contributed by atoms with Crippen molar-refractivity contribution in [3.63, 3.8) is 0 Å². The Morgan fingerprint density at radius 3 is 3.00 bits per heavy atom. The highest BCUT2D eigenvalue weighted by Crippen LogP contribution is 2.48. The molecule has 2 aromatic heterocycles. The highest BCUT2D eigenvalue weighted by Gasteiger charge is 2.46. The first-order chi connectivity index (χ1) is 10.8. The first-order valence-electron chi connectivity index (χ1n) is 8.01. The maximum absolute atomic E-state index is 12.7. The summed E-state index contributed by atoms with van der Waals surface area (Å²) in [5.74, 6) is 0.831. The standard InChI is InChI=1S/C17H20N4O/c22-17(16-10-15(16)13-4-1-6-18-11-13)20-8-2-5-14(12-20)21-9-3-7-19-21/h1,3-4,6-7,9,11,14-16H,2,5,8,10,12H2/t14-,15+,16-/m1/s1. The van der Waals surface area contributed by atoms with Crippen LogP contribution in [0.1, 0.15) is 36.8 Å². The second-order valence-corrected chi connectivity index (χ2v) is 6.30. The minimum Gasteiger partial charge on any atom is -0.340 e. The van der Waals surface area contributed by atoms with Crippen LogP contribution >= 0.6 is 0 Å². The van der Waals surface area contributed by atoms with E-state index in [1.807, 2.05) is 34.1 Å². The summed E-state index contributed by atoms with van der Waals surface area (Å²) < 4.78 is 1.99. The van der Waals surface area contributed by atoms with Gasteiger partial charge in [0.15, 0.2) is 0 Å². The van der Waals surface area contributed by atoms with Gasteiger partial charge in [-0.3, -0.25) is 14.5 Å². The molecule has 2 fully saturated rings. The fourth-order valence-corrected chi connectivity index (χ4v) is 3.53. The normalized spacial score (nSPS) is 27.6. The Labute approximate surface area is 130 Å². The molecule has 3 heterocycles. The zero-order valence-electron chi connectivity index (χ0n) is 12.5. The molecule has 0 spiro atoms. The number of nitrogens with zero attached hydrogens (tertiary/aromatic N) is 4. The van der Waals surface area contributed by atoms with E-state index in [1.165, 1.54) is 5.56 Å². The smallest absolute Gasteiger partial charge is 0.226 e. The molecule has 2 aromatic rings. The van der Waals surface area contributed by atoms with E-state index in [0.29, 0.717) is 17.9 Å². The van der Waals surface area contributed by atoms with Gasteiger partial charge in [0.25, 0.3) is 0 Å². The molecule has 1 aliphatic carbocycles. The van der Waals surface area contributed by atoms with Gasteiger partial charge in [0.2, 0.25) is 5.91 Å². The van der Waals surface area contributed by atoms with Crippen LogP contribution < -0.4 is 0 Å².